The lowest BCUT2D eigenvalue weighted by Gasteiger charge is -2.09. The molecule has 0 bridgehead atoms. The number of imide groups is 1. The van der Waals surface area contributed by atoms with Gasteiger partial charge in [-0.15, -0.1) is 0 Å². The first-order chi connectivity index (χ1) is 10.8. The van der Waals surface area contributed by atoms with Gasteiger partial charge in [0.15, 0.2) is 9.84 Å². The molecule has 9 nitrogen and oxygen atoms in total. The number of nitrogens with zero attached hydrogens (tertiary/aromatic N) is 4. The molecule has 0 spiro atoms. The predicted octanol–water partition coefficient (Wildman–Crippen LogP) is 0.0902. The first-order valence-corrected chi connectivity index (χ1v) is 9.07. The van der Waals surface area contributed by atoms with Gasteiger partial charge in [0.1, 0.15) is 11.7 Å². The topological polar surface area (TPSA) is 114 Å². The Labute approximate surface area is 137 Å². The molecule has 0 unspecified atom stereocenters. The minimum absolute atomic E-state index is 0.00740. The van der Waals surface area contributed by atoms with Crippen LogP contribution in [0.5, 0.6) is 0 Å². The lowest BCUT2D eigenvalue weighted by Crippen LogP contribution is -2.24. The zero-order valence-corrected chi connectivity index (χ0v) is 13.8. The molecular formula is C12H14ClN5O4S. The quantitative estimate of drug-likeness (QED) is 0.607. The third-order valence-corrected chi connectivity index (χ3v) is 5.85. The van der Waals surface area contributed by atoms with Crippen molar-refractivity contribution in [3.05, 3.63) is 16.4 Å². The summed E-state index contributed by atoms with van der Waals surface area (Å²) >= 11 is 6.28. The lowest BCUT2D eigenvalue weighted by atomic mass is 10.2. The summed E-state index contributed by atoms with van der Waals surface area (Å²) in [6.07, 6.45) is 1.81. The predicted molar refractivity (Wildman–Crippen MR) is 82.1 cm³/mol. The highest BCUT2D eigenvalue weighted by atomic mass is 35.5. The largest absolute Gasteiger partial charge is 0.344 e. The molecule has 0 saturated carbocycles. The van der Waals surface area contributed by atoms with Gasteiger partial charge in [-0.25, -0.2) is 22.9 Å². The van der Waals surface area contributed by atoms with Gasteiger partial charge >= 0.3 is 6.03 Å². The van der Waals surface area contributed by atoms with Crippen LogP contribution < -0.4 is 5.32 Å². The van der Waals surface area contributed by atoms with Crippen molar-refractivity contribution in [2.45, 2.75) is 19.4 Å². The summed E-state index contributed by atoms with van der Waals surface area (Å²) in [4.78, 5) is 22.5. The number of hydrazone groups is 1. The molecule has 1 atom stereocenters. The van der Waals surface area contributed by atoms with Gasteiger partial charge in [0.2, 0.25) is 5.91 Å². The van der Waals surface area contributed by atoms with Crippen molar-refractivity contribution in [2.24, 2.45) is 5.10 Å². The molecule has 2 saturated heterocycles. The maximum Gasteiger partial charge on any atom is 0.344 e. The number of sulfone groups is 1. The summed E-state index contributed by atoms with van der Waals surface area (Å²) in [5, 5.41) is 11.6. The average molecular weight is 360 g/mol. The van der Waals surface area contributed by atoms with E-state index < -0.39 is 21.8 Å². The molecule has 1 aromatic heterocycles. The van der Waals surface area contributed by atoms with E-state index in [0.717, 1.165) is 5.01 Å². The standard InChI is InChI=1S/C12H14ClN5O4S/c1-7-9(4-14-17-5-10(19)15-12(17)20)11(13)18(16-7)8-2-3-23(21,22)6-8/h4,8H,2-3,5-6H2,1H3,(H,15,19,20)/t8-/m0/s1. The Hall–Kier alpha value is -1.94. The van der Waals surface area contributed by atoms with Crippen molar-refractivity contribution in [3.63, 3.8) is 0 Å². The molecule has 0 radical (unpaired) electrons. The number of hydrogen-bond acceptors (Lipinski definition) is 6. The highest BCUT2D eigenvalue weighted by molar-refractivity contribution is 7.91. The molecule has 3 rings (SSSR count). The van der Waals surface area contributed by atoms with Gasteiger partial charge in [0.05, 0.1) is 35.0 Å². The Bertz CT molecular complexity index is 816. The molecule has 124 valence electrons. The Morgan fingerprint density at radius 3 is 2.74 bits per heavy atom. The minimum atomic E-state index is -3.05. The Morgan fingerprint density at radius 2 is 2.17 bits per heavy atom. The first-order valence-electron chi connectivity index (χ1n) is 6.87. The molecule has 3 heterocycles. The summed E-state index contributed by atoms with van der Waals surface area (Å²) in [6, 6.07) is -0.903. The van der Waals surface area contributed by atoms with E-state index in [-0.39, 0.29) is 29.2 Å². The number of carbonyl (C=O) groups is 2. The zero-order chi connectivity index (χ0) is 16.8. The van der Waals surface area contributed by atoms with Crippen molar-refractivity contribution in [1.82, 2.24) is 20.1 Å². The van der Waals surface area contributed by atoms with Crippen LogP contribution in [0.25, 0.3) is 0 Å². The highest BCUT2D eigenvalue weighted by Crippen LogP contribution is 2.29. The fourth-order valence-corrected chi connectivity index (χ4v) is 4.59. The van der Waals surface area contributed by atoms with Gasteiger partial charge in [-0.1, -0.05) is 11.6 Å². The molecule has 2 aliphatic rings. The Balaban J connectivity index is 1.84. The Morgan fingerprint density at radius 1 is 1.43 bits per heavy atom. The van der Waals surface area contributed by atoms with Gasteiger partial charge in [0, 0.05) is 0 Å². The second-order valence-corrected chi connectivity index (χ2v) is 8.03. The Kier molecular flexibility index (Phi) is 3.88. The number of aryl methyl sites for hydroxylation is 1. The van der Waals surface area contributed by atoms with E-state index in [2.05, 4.69) is 15.5 Å². The molecule has 0 aliphatic carbocycles. The number of hydrogen-bond donors (Lipinski definition) is 1. The summed E-state index contributed by atoms with van der Waals surface area (Å²) in [7, 11) is -3.05. The van der Waals surface area contributed by atoms with Crippen LogP contribution in [-0.2, 0) is 14.6 Å². The van der Waals surface area contributed by atoms with E-state index in [4.69, 9.17) is 11.6 Å². The number of urea groups is 1. The molecule has 2 fully saturated rings. The van der Waals surface area contributed by atoms with Crippen LogP contribution in [0.2, 0.25) is 5.15 Å². The molecule has 1 aromatic rings. The van der Waals surface area contributed by atoms with Crippen LogP contribution in [0.1, 0.15) is 23.7 Å². The summed E-state index contributed by atoms with van der Waals surface area (Å²) in [5.41, 5.74) is 1.05. The van der Waals surface area contributed by atoms with Crippen LogP contribution in [0.3, 0.4) is 0 Å². The normalized spacial score (nSPS) is 23.9. The molecule has 23 heavy (non-hydrogen) atoms. The maximum absolute atomic E-state index is 11.6. The van der Waals surface area contributed by atoms with Crippen molar-refractivity contribution < 1.29 is 18.0 Å². The second kappa shape index (κ2) is 5.60. The van der Waals surface area contributed by atoms with Gasteiger partial charge in [0.25, 0.3) is 0 Å². The summed E-state index contributed by atoms with van der Waals surface area (Å²) in [5.74, 6) is -0.304. The molecule has 3 amide bonds. The smallest absolute Gasteiger partial charge is 0.275 e. The van der Waals surface area contributed by atoms with Crippen LogP contribution in [0.4, 0.5) is 4.79 Å². The second-order valence-electron chi connectivity index (χ2n) is 5.45. The number of halogens is 1. The summed E-state index contributed by atoms with van der Waals surface area (Å²) < 4.78 is 24.7. The van der Waals surface area contributed by atoms with Crippen LogP contribution in [0, 0.1) is 6.92 Å². The van der Waals surface area contributed by atoms with Crippen LogP contribution >= 0.6 is 11.6 Å². The number of aromatic nitrogens is 2. The highest BCUT2D eigenvalue weighted by Gasteiger charge is 2.32. The van der Waals surface area contributed by atoms with E-state index in [1.54, 1.807) is 6.92 Å². The zero-order valence-electron chi connectivity index (χ0n) is 12.2. The molecule has 2 aliphatic heterocycles. The van der Waals surface area contributed by atoms with Crippen molar-refractivity contribution in [1.29, 1.82) is 0 Å². The van der Waals surface area contributed by atoms with E-state index in [9.17, 15) is 18.0 Å². The maximum atomic E-state index is 11.6. The van der Waals surface area contributed by atoms with Gasteiger partial charge in [-0.3, -0.25) is 10.1 Å². The SMILES string of the molecule is Cc1nn([C@H]2CCS(=O)(=O)C2)c(Cl)c1C=NN1CC(=O)NC1=O. The van der Waals surface area contributed by atoms with E-state index in [0.29, 0.717) is 17.7 Å². The van der Waals surface area contributed by atoms with Gasteiger partial charge < -0.3 is 0 Å². The number of rotatable bonds is 3. The van der Waals surface area contributed by atoms with Crippen molar-refractivity contribution in [2.75, 3.05) is 18.1 Å². The van der Waals surface area contributed by atoms with E-state index >= 15 is 0 Å². The van der Waals surface area contributed by atoms with Crippen LogP contribution in [0.15, 0.2) is 5.10 Å². The fraction of sp³-hybridized carbons (Fsp3) is 0.500. The van der Waals surface area contributed by atoms with Crippen molar-refractivity contribution >= 4 is 39.6 Å². The third-order valence-electron chi connectivity index (χ3n) is 3.73. The molecular weight excluding hydrogens is 346 g/mol. The van der Waals surface area contributed by atoms with Crippen molar-refractivity contribution in [3.8, 4) is 0 Å². The van der Waals surface area contributed by atoms with Crippen LogP contribution in [-0.4, -0.2) is 59.4 Å². The fourth-order valence-electron chi connectivity index (χ4n) is 2.54. The number of carbonyl (C=O) groups excluding carboxylic acids is 2. The number of nitrogens with one attached hydrogen (secondary N) is 1. The van der Waals surface area contributed by atoms with Gasteiger partial charge in [-0.05, 0) is 13.3 Å². The molecule has 0 aromatic carbocycles. The number of amides is 3. The average Bonchev–Trinajstić information content (AvgIpc) is 3.06. The van der Waals surface area contributed by atoms with Gasteiger partial charge in [-0.2, -0.15) is 10.2 Å². The summed E-state index contributed by atoms with van der Waals surface area (Å²) in [6.45, 7) is 1.56. The molecule has 1 N–H and O–H groups in total. The lowest BCUT2D eigenvalue weighted by molar-refractivity contribution is -0.118. The monoisotopic (exact) mass is 359 g/mol. The van der Waals surface area contributed by atoms with E-state index in [1.807, 2.05) is 0 Å². The van der Waals surface area contributed by atoms with E-state index in [1.165, 1.54) is 10.9 Å². The minimum Gasteiger partial charge on any atom is -0.275 e. The molecule has 11 heteroatoms. The first kappa shape index (κ1) is 15.9. The third kappa shape index (κ3) is 3.08.